The second-order valence-electron chi connectivity index (χ2n) is 5.19. The molecule has 0 spiro atoms. The van der Waals surface area contributed by atoms with Gasteiger partial charge in [0, 0.05) is 26.7 Å². The van der Waals surface area contributed by atoms with Crippen molar-refractivity contribution in [3.8, 4) is 0 Å². The lowest BCUT2D eigenvalue weighted by molar-refractivity contribution is 0.149. The smallest absolute Gasteiger partial charge is 0.243 e. The Bertz CT molecular complexity index is 558. The fraction of sp³-hybridized carbons (Fsp3) is 0.600. The second-order valence-corrected chi connectivity index (χ2v) is 7.19. The Morgan fingerprint density at radius 3 is 2.62 bits per heavy atom. The molecule has 0 fully saturated rings. The molecule has 1 aromatic rings. The predicted octanol–water partition coefficient (Wildman–Crippen LogP) is 1.76. The maximum absolute atomic E-state index is 12.6. The molecule has 0 saturated heterocycles. The molecule has 0 aliphatic heterocycles. The van der Waals surface area contributed by atoms with Gasteiger partial charge >= 0.3 is 0 Å². The number of nitrogens with one attached hydrogen (secondary N) is 1. The van der Waals surface area contributed by atoms with Crippen molar-refractivity contribution < 1.29 is 13.2 Å². The molecular formula is C15H26N2O3S. The fourth-order valence-corrected chi connectivity index (χ4v) is 3.41. The molecule has 1 unspecified atom stereocenters. The van der Waals surface area contributed by atoms with Gasteiger partial charge in [0.05, 0.1) is 11.5 Å². The molecule has 1 aromatic carbocycles. The Labute approximate surface area is 128 Å². The van der Waals surface area contributed by atoms with E-state index >= 15 is 0 Å². The van der Waals surface area contributed by atoms with Crippen molar-refractivity contribution in [2.75, 3.05) is 27.3 Å². The van der Waals surface area contributed by atoms with Crippen LogP contribution in [-0.2, 0) is 21.3 Å². The van der Waals surface area contributed by atoms with Crippen LogP contribution in [0.3, 0.4) is 0 Å². The van der Waals surface area contributed by atoms with E-state index in [-0.39, 0.29) is 6.04 Å². The second kappa shape index (κ2) is 7.89. The number of rotatable bonds is 8. The molecule has 0 bridgehead atoms. The first-order chi connectivity index (χ1) is 9.84. The van der Waals surface area contributed by atoms with Crippen LogP contribution in [0.15, 0.2) is 23.1 Å². The van der Waals surface area contributed by atoms with E-state index in [1.54, 1.807) is 26.3 Å². The van der Waals surface area contributed by atoms with E-state index in [1.165, 1.54) is 4.31 Å². The standard InChI is InChI=1S/C15H26N2O3S/c1-6-16-10-14-9-15(8-7-12(14)2)21(18,19)17(4)13(3)11-20-5/h7-9,13,16H,6,10-11H2,1-5H3. The number of methoxy groups -OCH3 is 1. The van der Waals surface area contributed by atoms with Gasteiger partial charge in [-0.3, -0.25) is 0 Å². The molecule has 0 aliphatic rings. The molecule has 21 heavy (non-hydrogen) atoms. The first kappa shape index (κ1) is 18.1. The molecule has 1 atom stereocenters. The van der Waals surface area contributed by atoms with Crippen molar-refractivity contribution in [2.24, 2.45) is 0 Å². The normalized spacial score (nSPS) is 13.6. The molecule has 6 heteroatoms. The number of nitrogens with zero attached hydrogens (tertiary/aromatic N) is 1. The monoisotopic (exact) mass is 314 g/mol. The van der Waals surface area contributed by atoms with Gasteiger partial charge in [-0.1, -0.05) is 13.0 Å². The van der Waals surface area contributed by atoms with Gasteiger partial charge in [-0.25, -0.2) is 8.42 Å². The summed E-state index contributed by atoms with van der Waals surface area (Å²) in [5.41, 5.74) is 2.09. The third kappa shape index (κ3) is 4.51. The summed E-state index contributed by atoms with van der Waals surface area (Å²) in [5, 5.41) is 3.23. The van der Waals surface area contributed by atoms with Crippen LogP contribution in [0, 0.1) is 6.92 Å². The minimum absolute atomic E-state index is 0.210. The quantitative estimate of drug-likeness (QED) is 0.794. The van der Waals surface area contributed by atoms with Crippen LogP contribution in [0.5, 0.6) is 0 Å². The highest BCUT2D eigenvalue weighted by molar-refractivity contribution is 7.89. The van der Waals surface area contributed by atoms with Crippen LogP contribution in [0.1, 0.15) is 25.0 Å². The molecular weight excluding hydrogens is 288 g/mol. The number of aryl methyl sites for hydroxylation is 1. The summed E-state index contributed by atoms with van der Waals surface area (Å²) in [5.74, 6) is 0. The summed E-state index contributed by atoms with van der Waals surface area (Å²) in [7, 11) is -0.346. The average Bonchev–Trinajstić information content (AvgIpc) is 2.45. The van der Waals surface area contributed by atoms with Crippen LogP contribution in [0.2, 0.25) is 0 Å². The minimum atomic E-state index is -3.50. The lowest BCUT2D eigenvalue weighted by Gasteiger charge is -2.24. The van der Waals surface area contributed by atoms with E-state index in [2.05, 4.69) is 5.32 Å². The Hall–Kier alpha value is -0.950. The zero-order valence-electron chi connectivity index (χ0n) is 13.5. The molecule has 0 aromatic heterocycles. The Morgan fingerprint density at radius 1 is 1.38 bits per heavy atom. The number of hydrogen-bond donors (Lipinski definition) is 1. The van der Waals surface area contributed by atoms with Crippen molar-refractivity contribution in [1.82, 2.24) is 9.62 Å². The van der Waals surface area contributed by atoms with Gasteiger partial charge < -0.3 is 10.1 Å². The number of hydrogen-bond acceptors (Lipinski definition) is 4. The lowest BCUT2D eigenvalue weighted by Crippen LogP contribution is -2.37. The summed E-state index contributed by atoms with van der Waals surface area (Å²) in [6.07, 6.45) is 0. The van der Waals surface area contributed by atoms with Crippen LogP contribution in [-0.4, -0.2) is 46.1 Å². The third-order valence-corrected chi connectivity index (χ3v) is 5.56. The van der Waals surface area contributed by atoms with Gasteiger partial charge in [0.15, 0.2) is 0 Å². The molecule has 0 aliphatic carbocycles. The number of sulfonamides is 1. The van der Waals surface area contributed by atoms with Crippen LogP contribution >= 0.6 is 0 Å². The van der Waals surface area contributed by atoms with Crippen LogP contribution in [0.4, 0.5) is 0 Å². The molecule has 0 heterocycles. The largest absolute Gasteiger partial charge is 0.383 e. The van der Waals surface area contributed by atoms with E-state index < -0.39 is 10.0 Å². The highest BCUT2D eigenvalue weighted by Crippen LogP contribution is 2.20. The van der Waals surface area contributed by atoms with Crippen molar-refractivity contribution in [1.29, 1.82) is 0 Å². The van der Waals surface area contributed by atoms with Gasteiger partial charge in [-0.15, -0.1) is 0 Å². The molecule has 1 N–H and O–H groups in total. The van der Waals surface area contributed by atoms with Gasteiger partial charge in [0.25, 0.3) is 0 Å². The Morgan fingerprint density at radius 2 is 2.05 bits per heavy atom. The summed E-state index contributed by atoms with van der Waals surface area (Å²) >= 11 is 0. The van der Waals surface area contributed by atoms with Gasteiger partial charge in [0.1, 0.15) is 0 Å². The first-order valence-electron chi connectivity index (χ1n) is 7.11. The summed E-state index contributed by atoms with van der Waals surface area (Å²) in [4.78, 5) is 0.325. The third-order valence-electron chi connectivity index (χ3n) is 3.59. The number of likely N-dealkylation sites (N-methyl/N-ethyl adjacent to an activating group) is 1. The van der Waals surface area contributed by atoms with E-state index in [0.717, 1.165) is 17.7 Å². The molecule has 120 valence electrons. The zero-order valence-corrected chi connectivity index (χ0v) is 14.3. The predicted molar refractivity (Wildman–Crippen MR) is 84.8 cm³/mol. The van der Waals surface area contributed by atoms with Crippen molar-refractivity contribution >= 4 is 10.0 Å². The van der Waals surface area contributed by atoms with Crippen molar-refractivity contribution in [3.05, 3.63) is 29.3 Å². The molecule has 0 radical (unpaired) electrons. The topological polar surface area (TPSA) is 58.6 Å². The van der Waals surface area contributed by atoms with E-state index in [4.69, 9.17) is 4.74 Å². The zero-order chi connectivity index (χ0) is 16.0. The highest BCUT2D eigenvalue weighted by atomic mass is 32.2. The molecule has 1 rings (SSSR count). The highest BCUT2D eigenvalue weighted by Gasteiger charge is 2.25. The average molecular weight is 314 g/mol. The molecule has 0 saturated carbocycles. The first-order valence-corrected chi connectivity index (χ1v) is 8.55. The van der Waals surface area contributed by atoms with E-state index in [0.29, 0.717) is 18.0 Å². The Balaban J connectivity index is 3.08. The van der Waals surface area contributed by atoms with Crippen molar-refractivity contribution in [3.63, 3.8) is 0 Å². The van der Waals surface area contributed by atoms with Crippen molar-refractivity contribution in [2.45, 2.75) is 38.3 Å². The summed E-state index contributed by atoms with van der Waals surface area (Å²) in [6.45, 7) is 7.72. The molecule has 5 nitrogen and oxygen atoms in total. The van der Waals surface area contributed by atoms with Gasteiger partial charge in [-0.05, 0) is 43.7 Å². The maximum atomic E-state index is 12.6. The van der Waals surface area contributed by atoms with E-state index in [1.807, 2.05) is 26.8 Å². The number of ether oxygens (including phenoxy) is 1. The summed E-state index contributed by atoms with van der Waals surface area (Å²) in [6, 6.07) is 5.06. The lowest BCUT2D eigenvalue weighted by atomic mass is 10.1. The van der Waals surface area contributed by atoms with Gasteiger partial charge in [0.2, 0.25) is 10.0 Å². The minimum Gasteiger partial charge on any atom is -0.383 e. The summed E-state index contributed by atoms with van der Waals surface area (Å²) < 4.78 is 31.7. The maximum Gasteiger partial charge on any atom is 0.243 e. The number of benzene rings is 1. The van der Waals surface area contributed by atoms with Gasteiger partial charge in [-0.2, -0.15) is 4.31 Å². The SMILES string of the molecule is CCNCc1cc(S(=O)(=O)N(C)C(C)COC)ccc1C. The van der Waals surface area contributed by atoms with E-state index in [9.17, 15) is 8.42 Å². The van der Waals surface area contributed by atoms with Crippen LogP contribution in [0.25, 0.3) is 0 Å². The van der Waals surface area contributed by atoms with Crippen LogP contribution < -0.4 is 5.32 Å². The molecule has 0 amide bonds. The Kier molecular flexibility index (Phi) is 6.80. The fourth-order valence-electron chi connectivity index (χ4n) is 2.01.